The monoisotopic (exact) mass is 314 g/mol. The molecule has 1 aliphatic heterocycles. The quantitative estimate of drug-likeness (QED) is 0.596. The lowest BCUT2D eigenvalue weighted by Crippen LogP contribution is -2.49. The predicted molar refractivity (Wildman–Crippen MR) is 81.6 cm³/mol. The van der Waals surface area contributed by atoms with Crippen LogP contribution < -0.4 is 0 Å². The van der Waals surface area contributed by atoms with Crippen LogP contribution in [-0.4, -0.2) is 60.1 Å². The molecule has 1 amide bonds. The van der Waals surface area contributed by atoms with Crippen LogP contribution in [0.25, 0.3) is 0 Å². The third kappa shape index (κ3) is 4.30. The first kappa shape index (κ1) is 15.5. The van der Waals surface area contributed by atoms with Gasteiger partial charge in [0.2, 0.25) is 5.91 Å². The molecule has 2 heterocycles. The molecule has 1 aromatic rings. The number of alkyl halides is 1. The molecule has 1 saturated heterocycles. The molecule has 2 rings (SSSR count). The molecule has 0 atom stereocenters. The Kier molecular flexibility index (Phi) is 6.01. The highest BCUT2D eigenvalue weighted by atomic mass is 35.5. The van der Waals surface area contributed by atoms with Gasteiger partial charge in [-0.2, -0.15) is 0 Å². The lowest BCUT2D eigenvalue weighted by molar-refractivity contribution is -0.132. The van der Waals surface area contributed by atoms with E-state index in [0.717, 1.165) is 24.4 Å². The molecule has 1 fully saturated rings. The number of hydrogen-bond donors (Lipinski definition) is 0. The van der Waals surface area contributed by atoms with Crippen molar-refractivity contribution in [3.05, 3.63) is 22.4 Å². The van der Waals surface area contributed by atoms with Crippen molar-refractivity contribution in [1.29, 1.82) is 0 Å². The summed E-state index contributed by atoms with van der Waals surface area (Å²) in [6, 6.07) is 3.75. The lowest BCUT2D eigenvalue weighted by Gasteiger charge is -2.34. The van der Waals surface area contributed by atoms with E-state index in [2.05, 4.69) is 4.90 Å². The molecule has 110 valence electrons. The molecule has 0 aromatic carbocycles. The maximum Gasteiger partial charge on any atom is 0.222 e. The van der Waals surface area contributed by atoms with Crippen LogP contribution in [0.15, 0.2) is 17.5 Å². The third-order valence-electron chi connectivity index (χ3n) is 3.41. The minimum atomic E-state index is 0.168. The van der Waals surface area contributed by atoms with E-state index in [9.17, 15) is 9.59 Å². The van der Waals surface area contributed by atoms with Crippen LogP contribution in [0.4, 0.5) is 0 Å². The third-order valence-corrected chi connectivity index (χ3v) is 4.59. The SMILES string of the molecule is O=C(CN1CCN(C(=O)CCCCl)CC1)c1cccs1. The Morgan fingerprint density at radius 2 is 2.00 bits per heavy atom. The summed E-state index contributed by atoms with van der Waals surface area (Å²) < 4.78 is 0. The molecule has 0 spiro atoms. The van der Waals surface area contributed by atoms with Gasteiger partial charge in [0.25, 0.3) is 0 Å². The highest BCUT2D eigenvalue weighted by Crippen LogP contribution is 2.11. The van der Waals surface area contributed by atoms with Gasteiger partial charge in [0.1, 0.15) is 0 Å². The molecule has 4 nitrogen and oxygen atoms in total. The first-order valence-electron chi connectivity index (χ1n) is 6.83. The predicted octanol–water partition coefficient (Wildman–Crippen LogP) is 2.09. The summed E-state index contributed by atoms with van der Waals surface area (Å²) in [5.74, 6) is 0.873. The van der Waals surface area contributed by atoms with Gasteiger partial charge < -0.3 is 4.90 Å². The maximum atomic E-state index is 12.0. The second kappa shape index (κ2) is 7.76. The molecule has 0 radical (unpaired) electrons. The van der Waals surface area contributed by atoms with E-state index in [-0.39, 0.29) is 11.7 Å². The molecule has 1 aromatic heterocycles. The number of ketones is 1. The van der Waals surface area contributed by atoms with Crippen LogP contribution in [0.2, 0.25) is 0 Å². The number of carbonyl (C=O) groups is 2. The Labute approximate surface area is 128 Å². The zero-order chi connectivity index (χ0) is 14.4. The van der Waals surface area contributed by atoms with Gasteiger partial charge >= 0.3 is 0 Å². The minimum absolute atomic E-state index is 0.168. The van der Waals surface area contributed by atoms with E-state index >= 15 is 0 Å². The molecular formula is C14H19ClN2O2S. The number of amides is 1. The highest BCUT2D eigenvalue weighted by Gasteiger charge is 2.22. The Bertz CT molecular complexity index is 442. The Hall–Kier alpha value is -0.910. The van der Waals surface area contributed by atoms with Crippen molar-refractivity contribution in [3.63, 3.8) is 0 Å². The summed E-state index contributed by atoms with van der Waals surface area (Å²) in [6.07, 6.45) is 1.26. The summed E-state index contributed by atoms with van der Waals surface area (Å²) in [7, 11) is 0. The van der Waals surface area contributed by atoms with Crippen molar-refractivity contribution in [3.8, 4) is 0 Å². The molecule has 1 aliphatic rings. The van der Waals surface area contributed by atoms with Gasteiger partial charge in [0, 0.05) is 38.5 Å². The molecule has 6 heteroatoms. The molecule has 0 saturated carbocycles. The Balaban J connectivity index is 1.74. The molecule has 20 heavy (non-hydrogen) atoms. The van der Waals surface area contributed by atoms with Crippen molar-refractivity contribution in [2.24, 2.45) is 0 Å². The van der Waals surface area contributed by atoms with Crippen LogP contribution in [0.1, 0.15) is 22.5 Å². The summed E-state index contributed by atoms with van der Waals surface area (Å²) in [6.45, 7) is 3.40. The van der Waals surface area contributed by atoms with E-state index in [4.69, 9.17) is 11.6 Å². The zero-order valence-corrected chi connectivity index (χ0v) is 13.0. The highest BCUT2D eigenvalue weighted by molar-refractivity contribution is 7.12. The van der Waals surface area contributed by atoms with E-state index in [0.29, 0.717) is 31.9 Å². The minimum Gasteiger partial charge on any atom is -0.340 e. The fourth-order valence-corrected chi connectivity index (χ4v) is 3.04. The molecule has 0 bridgehead atoms. The normalized spacial score (nSPS) is 16.4. The second-order valence-corrected chi connectivity index (χ2v) is 6.18. The van der Waals surface area contributed by atoms with Gasteiger partial charge in [-0.15, -0.1) is 22.9 Å². The van der Waals surface area contributed by atoms with Crippen molar-refractivity contribution in [2.75, 3.05) is 38.6 Å². The fourth-order valence-electron chi connectivity index (χ4n) is 2.25. The van der Waals surface area contributed by atoms with Gasteiger partial charge in [-0.05, 0) is 17.9 Å². The van der Waals surface area contributed by atoms with Gasteiger partial charge in [0.15, 0.2) is 5.78 Å². The van der Waals surface area contributed by atoms with E-state index < -0.39 is 0 Å². The average Bonchev–Trinajstić information content (AvgIpc) is 3.00. The number of nitrogens with zero attached hydrogens (tertiary/aromatic N) is 2. The number of carbonyl (C=O) groups excluding carboxylic acids is 2. The van der Waals surface area contributed by atoms with Crippen LogP contribution in [0.3, 0.4) is 0 Å². The van der Waals surface area contributed by atoms with Gasteiger partial charge in [-0.25, -0.2) is 0 Å². The number of halogens is 1. The first-order chi connectivity index (χ1) is 9.70. The average molecular weight is 315 g/mol. The summed E-state index contributed by atoms with van der Waals surface area (Å²) in [5, 5.41) is 1.92. The first-order valence-corrected chi connectivity index (χ1v) is 8.25. The van der Waals surface area contributed by atoms with Crippen molar-refractivity contribution in [1.82, 2.24) is 9.80 Å². The standard InChI is InChI=1S/C14H19ClN2O2S/c15-5-1-4-14(19)17-8-6-16(7-9-17)11-12(18)13-3-2-10-20-13/h2-3,10H,1,4-9,11H2. The lowest BCUT2D eigenvalue weighted by atomic mass is 10.2. The fraction of sp³-hybridized carbons (Fsp3) is 0.571. The van der Waals surface area contributed by atoms with Crippen molar-refractivity contribution < 1.29 is 9.59 Å². The number of hydrogen-bond acceptors (Lipinski definition) is 4. The smallest absolute Gasteiger partial charge is 0.222 e. The van der Waals surface area contributed by atoms with Gasteiger partial charge in [-0.3, -0.25) is 14.5 Å². The second-order valence-electron chi connectivity index (χ2n) is 4.85. The van der Waals surface area contributed by atoms with Gasteiger partial charge in [0.05, 0.1) is 11.4 Å². The molecular weight excluding hydrogens is 296 g/mol. The van der Waals surface area contributed by atoms with E-state index in [1.165, 1.54) is 11.3 Å². The topological polar surface area (TPSA) is 40.6 Å². The molecule has 0 unspecified atom stereocenters. The summed E-state index contributed by atoms with van der Waals surface area (Å²) >= 11 is 7.08. The zero-order valence-electron chi connectivity index (χ0n) is 11.4. The number of thiophene rings is 1. The Morgan fingerprint density at radius 3 is 2.60 bits per heavy atom. The van der Waals surface area contributed by atoms with Crippen LogP contribution in [0, 0.1) is 0 Å². The number of Topliss-reactive ketones (excluding diaryl/α,β-unsaturated/α-hetero) is 1. The van der Waals surface area contributed by atoms with Crippen LogP contribution in [-0.2, 0) is 4.79 Å². The van der Waals surface area contributed by atoms with Crippen LogP contribution in [0.5, 0.6) is 0 Å². The summed E-state index contributed by atoms with van der Waals surface area (Å²) in [5.41, 5.74) is 0. The maximum absolute atomic E-state index is 12.0. The molecule has 0 aliphatic carbocycles. The number of rotatable bonds is 6. The van der Waals surface area contributed by atoms with Crippen molar-refractivity contribution in [2.45, 2.75) is 12.8 Å². The largest absolute Gasteiger partial charge is 0.340 e. The molecule has 0 N–H and O–H groups in total. The van der Waals surface area contributed by atoms with E-state index in [1.807, 2.05) is 22.4 Å². The summed E-state index contributed by atoms with van der Waals surface area (Å²) in [4.78, 5) is 28.7. The Morgan fingerprint density at radius 1 is 1.25 bits per heavy atom. The van der Waals surface area contributed by atoms with Gasteiger partial charge in [-0.1, -0.05) is 6.07 Å². The number of piperazine rings is 1. The van der Waals surface area contributed by atoms with E-state index in [1.54, 1.807) is 0 Å². The van der Waals surface area contributed by atoms with Crippen molar-refractivity contribution >= 4 is 34.6 Å². The van der Waals surface area contributed by atoms with Crippen LogP contribution >= 0.6 is 22.9 Å².